The fourth-order valence-corrected chi connectivity index (χ4v) is 34.1. The molecule has 0 amide bonds. The topological polar surface area (TPSA) is 140 Å². The SMILES string of the molecule is C[Si](C)(C)O.C[Si](C)(O)O[Si](C)(c1ccccc1)c1ccccc1.C[Si](O)(O[Si](C)(c1ccccc1)c1ccccc1)O[Si](C)(c1ccccc1)c1ccccc1.O=[Si](c1ccccc1)c1ccccc1.O=[Si](c1ccccc1)c1ccccc1.O=[Si](c1ccccc1)c1ccccc1.[Fe]. The molecular weight excluding hydrogens is 1430 g/mol. The van der Waals surface area contributed by atoms with Gasteiger partial charge in [0.1, 0.15) is 0 Å². The van der Waals surface area contributed by atoms with Crippen LogP contribution in [-0.4, -0.2) is 91.1 Å². The molecule has 0 aliphatic carbocycles. The van der Waals surface area contributed by atoms with Crippen molar-refractivity contribution >= 4 is 139 Å². The number of rotatable bonds is 18. The predicted molar refractivity (Wildman–Crippen MR) is 429 cm³/mol. The molecule has 0 fully saturated rings. The van der Waals surface area contributed by atoms with Gasteiger partial charge in [-0.2, -0.15) is 0 Å². The van der Waals surface area contributed by atoms with Crippen LogP contribution in [0.1, 0.15) is 0 Å². The maximum Gasteiger partial charge on any atom is 0.474 e. The molecule has 12 rings (SSSR count). The molecule has 512 valence electrons. The van der Waals surface area contributed by atoms with E-state index >= 15 is 0 Å². The van der Waals surface area contributed by atoms with Gasteiger partial charge in [-0.1, -0.05) is 364 Å². The summed E-state index contributed by atoms with van der Waals surface area (Å²) in [6.07, 6.45) is 0. The van der Waals surface area contributed by atoms with Crippen molar-refractivity contribution < 1.29 is 57.2 Å². The Morgan fingerprint density at radius 1 is 0.220 bits per heavy atom. The zero-order valence-electron chi connectivity index (χ0n) is 58.3. The minimum Gasteiger partial charge on any atom is -0.433 e. The monoisotopic (exact) mass is 1510 g/mol. The quantitative estimate of drug-likeness (QED) is 0.0717. The van der Waals surface area contributed by atoms with E-state index in [-0.39, 0.29) is 17.1 Å². The van der Waals surface area contributed by atoms with Gasteiger partial charge in [0.2, 0.25) is 25.0 Å². The smallest absolute Gasteiger partial charge is 0.433 e. The van der Waals surface area contributed by atoms with Crippen LogP contribution < -0.4 is 62.2 Å². The molecular formula is C81H90FeO9Si9. The van der Waals surface area contributed by atoms with E-state index in [1.807, 2.05) is 324 Å². The summed E-state index contributed by atoms with van der Waals surface area (Å²) in [7, 11) is -21.0. The molecule has 0 heterocycles. The van der Waals surface area contributed by atoms with Crippen molar-refractivity contribution in [1.82, 2.24) is 0 Å². The summed E-state index contributed by atoms with van der Waals surface area (Å²) in [5.74, 6) is 0. The summed E-state index contributed by atoms with van der Waals surface area (Å²) in [4.78, 5) is 30.7. The molecule has 0 aliphatic rings. The second-order valence-electron chi connectivity index (χ2n) is 25.3. The van der Waals surface area contributed by atoms with E-state index in [1.165, 1.54) is 10.4 Å². The van der Waals surface area contributed by atoms with Crippen molar-refractivity contribution in [2.75, 3.05) is 0 Å². The molecule has 0 saturated heterocycles. The van der Waals surface area contributed by atoms with Crippen molar-refractivity contribution in [3.05, 3.63) is 364 Å². The summed E-state index contributed by atoms with van der Waals surface area (Å²) in [5, 5.41) is 12.3. The molecule has 12 aromatic rings. The summed E-state index contributed by atoms with van der Waals surface area (Å²) in [6.45, 7) is 17.5. The Bertz CT molecular complexity index is 3750. The Morgan fingerprint density at radius 3 is 0.470 bits per heavy atom. The predicted octanol–water partition coefficient (Wildman–Crippen LogP) is 9.93. The van der Waals surface area contributed by atoms with Crippen molar-refractivity contribution in [3.63, 3.8) is 0 Å². The molecule has 0 spiro atoms. The van der Waals surface area contributed by atoms with Gasteiger partial charge in [0.05, 0.1) is 0 Å². The summed E-state index contributed by atoms with van der Waals surface area (Å²) in [6, 6.07) is 119. The maximum atomic E-state index is 12.0. The van der Waals surface area contributed by atoms with Crippen LogP contribution in [0.3, 0.4) is 0 Å². The first kappa shape index (κ1) is 81.2. The molecule has 19 heteroatoms. The Labute approximate surface area is 614 Å². The van der Waals surface area contributed by atoms with E-state index in [0.717, 1.165) is 51.9 Å². The van der Waals surface area contributed by atoms with Gasteiger partial charge in [-0.05, 0) is 83.5 Å². The van der Waals surface area contributed by atoms with Gasteiger partial charge in [-0.3, -0.25) is 0 Å². The van der Waals surface area contributed by atoms with Crippen LogP contribution in [0.5, 0.6) is 0 Å². The molecule has 0 saturated carbocycles. The summed E-state index contributed by atoms with van der Waals surface area (Å²) >= 11 is 0. The third kappa shape index (κ3) is 26.0. The normalized spacial score (nSPS) is 11.2. The largest absolute Gasteiger partial charge is 0.474 e. The third-order valence-corrected chi connectivity index (χ3v) is 39.1. The van der Waals surface area contributed by atoms with Crippen LogP contribution >= 0.6 is 0 Å². The Hall–Kier alpha value is -7.73. The van der Waals surface area contributed by atoms with Crippen LogP contribution in [0, 0.1) is 0 Å². The van der Waals surface area contributed by atoms with Gasteiger partial charge >= 0.3 is 43.4 Å². The van der Waals surface area contributed by atoms with Gasteiger partial charge < -0.3 is 40.1 Å². The van der Waals surface area contributed by atoms with E-state index in [9.17, 15) is 23.0 Å². The number of benzene rings is 12. The second kappa shape index (κ2) is 40.1. The van der Waals surface area contributed by atoms with Gasteiger partial charge in [0, 0.05) is 54.7 Å². The zero-order valence-corrected chi connectivity index (χ0v) is 68.4. The Kier molecular flexibility index (Phi) is 32.5. The van der Waals surface area contributed by atoms with Crippen LogP contribution in [0.15, 0.2) is 364 Å². The Morgan fingerprint density at radius 2 is 0.340 bits per heavy atom. The van der Waals surface area contributed by atoms with E-state index in [4.69, 9.17) is 17.1 Å². The van der Waals surface area contributed by atoms with Crippen molar-refractivity contribution in [2.24, 2.45) is 0 Å². The molecule has 9 nitrogen and oxygen atoms in total. The van der Waals surface area contributed by atoms with E-state index < -0.39 is 76.7 Å². The molecule has 0 aliphatic heterocycles. The average molecular weight is 1520 g/mol. The van der Waals surface area contributed by atoms with Crippen LogP contribution in [0.4, 0.5) is 0 Å². The van der Waals surface area contributed by atoms with Crippen molar-refractivity contribution in [2.45, 2.75) is 58.9 Å². The van der Waals surface area contributed by atoms with Crippen LogP contribution in [0.2, 0.25) is 58.9 Å². The molecule has 100 heavy (non-hydrogen) atoms. The van der Waals surface area contributed by atoms with E-state index in [2.05, 4.69) is 92.4 Å². The third-order valence-electron chi connectivity index (χ3n) is 15.4. The molecule has 0 atom stereocenters. The maximum absolute atomic E-state index is 12.0. The van der Waals surface area contributed by atoms with Crippen molar-refractivity contribution in [3.8, 4) is 0 Å². The average Bonchev–Trinajstić information content (AvgIpc) is 0.784. The molecule has 0 radical (unpaired) electrons. The second-order valence-corrected chi connectivity index (χ2v) is 51.9. The fourth-order valence-electron chi connectivity index (χ4n) is 10.7. The molecule has 12 aromatic carbocycles. The summed E-state index contributed by atoms with van der Waals surface area (Å²) < 4.78 is 55.9. The standard InChI is InChI=1S/C27H30O3Si3.C15H20O2Si2.3C12H10OSi.C3H10OSi.Fe/c1-31(24-16-8-4-9-17-24,25-18-10-5-11-19-25)29-33(3,28)30-32(2,26-20-12-6-13-21-26)27-22-14-7-15-23-27;1-18(2,16)17-19(3,14-10-6-4-7-11-14)15-12-8-5-9-13-15;3*13-14(11-7-3-1-4-8-11)12-9-5-2-6-10-12;1-5(2,3)4;/h4-23,28H,1-3H3;4-13,16H,1-3H3;3*1-10H;4H,1-3H3;. The van der Waals surface area contributed by atoms with Gasteiger partial charge in [-0.15, -0.1) is 0 Å². The molecule has 0 unspecified atom stereocenters. The fraction of sp³-hybridized carbons (Fsp3) is 0.111. The van der Waals surface area contributed by atoms with Gasteiger partial charge in [-0.25, -0.2) is 0 Å². The summed E-state index contributed by atoms with van der Waals surface area (Å²) in [5.41, 5.74) is 0. The van der Waals surface area contributed by atoms with Crippen LogP contribution in [-0.2, 0) is 42.8 Å². The van der Waals surface area contributed by atoms with E-state index in [1.54, 1.807) is 6.55 Å². The number of hydrogen-bond donors (Lipinski definition) is 3. The first-order valence-electron chi connectivity index (χ1n) is 32.9. The molecule has 0 aromatic heterocycles. The van der Waals surface area contributed by atoms with Crippen LogP contribution in [0.25, 0.3) is 0 Å². The molecule has 3 N–H and O–H groups in total. The minimum absolute atomic E-state index is 0. The zero-order chi connectivity index (χ0) is 71.2. The van der Waals surface area contributed by atoms with Crippen molar-refractivity contribution in [1.29, 1.82) is 0 Å². The minimum atomic E-state index is -3.58. The Balaban J connectivity index is 0.000000202. The first-order valence-corrected chi connectivity index (χ1v) is 53.0. The number of hydrogen-bond acceptors (Lipinski definition) is 9. The van der Waals surface area contributed by atoms with Gasteiger partial charge in [0.25, 0.3) is 0 Å². The van der Waals surface area contributed by atoms with E-state index in [0.29, 0.717) is 0 Å². The first-order chi connectivity index (χ1) is 47.4. The molecule has 0 bridgehead atoms. The van der Waals surface area contributed by atoms with Gasteiger partial charge in [0.15, 0.2) is 8.32 Å².